The summed E-state index contributed by atoms with van der Waals surface area (Å²) in [7, 11) is 0. The molecule has 0 saturated heterocycles. The van der Waals surface area contributed by atoms with Crippen molar-refractivity contribution in [3.63, 3.8) is 0 Å². The number of carbonyl (C=O) groups is 4. The molecule has 4 amide bonds. The number of hydrogen-bond donors (Lipinski definition) is 4. The third kappa shape index (κ3) is 6.12. The zero-order chi connectivity index (χ0) is 20.0. The van der Waals surface area contributed by atoms with Crippen LogP contribution in [0.4, 0.5) is 11.4 Å². The lowest BCUT2D eigenvalue weighted by molar-refractivity contribution is -0.115. The Labute approximate surface area is 160 Å². The van der Waals surface area contributed by atoms with Crippen LogP contribution >= 0.6 is 11.6 Å². The van der Waals surface area contributed by atoms with E-state index >= 15 is 0 Å². The molecule has 8 nitrogen and oxygen atoms in total. The minimum absolute atomic E-state index is 0.126. The molecule has 0 fully saturated rings. The first-order chi connectivity index (χ1) is 12.7. The van der Waals surface area contributed by atoms with Gasteiger partial charge in [-0.3, -0.25) is 30.0 Å². The first kappa shape index (κ1) is 19.9. The molecule has 0 atom stereocenters. The lowest BCUT2D eigenvalue weighted by atomic mass is 10.1. The van der Waals surface area contributed by atoms with Crippen molar-refractivity contribution < 1.29 is 19.2 Å². The fourth-order valence-corrected chi connectivity index (χ4v) is 2.29. The number of rotatable bonds is 4. The topological polar surface area (TPSA) is 116 Å². The molecule has 2 aromatic carbocycles. The van der Waals surface area contributed by atoms with Crippen molar-refractivity contribution in [1.29, 1.82) is 0 Å². The van der Waals surface area contributed by atoms with Crippen LogP contribution in [0.1, 0.15) is 34.6 Å². The normalized spacial score (nSPS) is 9.89. The van der Waals surface area contributed by atoms with Gasteiger partial charge < -0.3 is 10.6 Å². The Bertz CT molecular complexity index is 862. The van der Waals surface area contributed by atoms with Gasteiger partial charge in [0.2, 0.25) is 11.8 Å². The van der Waals surface area contributed by atoms with Crippen LogP contribution in [0.2, 0.25) is 5.02 Å². The fourth-order valence-electron chi connectivity index (χ4n) is 2.17. The van der Waals surface area contributed by atoms with Crippen LogP contribution in [0.25, 0.3) is 0 Å². The molecule has 0 radical (unpaired) electrons. The lowest BCUT2D eigenvalue weighted by Crippen LogP contribution is -2.41. The highest BCUT2D eigenvalue weighted by molar-refractivity contribution is 6.30. The monoisotopic (exact) mass is 388 g/mol. The lowest BCUT2D eigenvalue weighted by Gasteiger charge is -2.12. The Hall–Kier alpha value is -3.39. The van der Waals surface area contributed by atoms with Gasteiger partial charge in [-0.25, -0.2) is 0 Å². The highest BCUT2D eigenvalue weighted by atomic mass is 35.5. The molecule has 0 aromatic heterocycles. The zero-order valence-corrected chi connectivity index (χ0v) is 15.3. The molecule has 0 aliphatic heterocycles. The molecule has 2 aromatic rings. The van der Waals surface area contributed by atoms with E-state index in [1.165, 1.54) is 44.2 Å². The zero-order valence-electron chi connectivity index (χ0n) is 14.6. The highest BCUT2D eigenvalue weighted by Crippen LogP contribution is 2.19. The van der Waals surface area contributed by atoms with Gasteiger partial charge in [-0.1, -0.05) is 11.6 Å². The number of nitrogens with one attached hydrogen (secondary N) is 4. The van der Waals surface area contributed by atoms with Gasteiger partial charge in [0.15, 0.2) is 0 Å². The number of amides is 4. The van der Waals surface area contributed by atoms with Crippen molar-refractivity contribution in [3.8, 4) is 0 Å². The van der Waals surface area contributed by atoms with Gasteiger partial charge in [0.1, 0.15) is 0 Å². The van der Waals surface area contributed by atoms with Crippen LogP contribution < -0.4 is 21.5 Å². The summed E-state index contributed by atoms with van der Waals surface area (Å²) in [5.41, 5.74) is 5.64. The molecule has 0 bridgehead atoms. The van der Waals surface area contributed by atoms with E-state index in [2.05, 4.69) is 21.5 Å². The first-order valence-corrected chi connectivity index (χ1v) is 8.19. The molecule has 4 N–H and O–H groups in total. The summed E-state index contributed by atoms with van der Waals surface area (Å²) < 4.78 is 0. The maximum atomic E-state index is 12.3. The first-order valence-electron chi connectivity index (χ1n) is 7.81. The van der Waals surface area contributed by atoms with Crippen molar-refractivity contribution in [2.45, 2.75) is 13.8 Å². The second-order valence-corrected chi connectivity index (χ2v) is 6.01. The van der Waals surface area contributed by atoms with Gasteiger partial charge in [0, 0.05) is 41.4 Å². The molecule has 0 unspecified atom stereocenters. The summed E-state index contributed by atoms with van der Waals surface area (Å²) in [5, 5.41) is 5.56. The second kappa shape index (κ2) is 8.81. The number of benzene rings is 2. The van der Waals surface area contributed by atoms with Gasteiger partial charge in [-0.05, 0) is 42.5 Å². The SMILES string of the molecule is CC(=O)Nc1cc(NC(C)=O)cc(C(=O)NNC(=O)c2ccc(Cl)cc2)c1. The van der Waals surface area contributed by atoms with Crippen LogP contribution in [0, 0.1) is 0 Å². The molecule has 0 aliphatic rings. The maximum Gasteiger partial charge on any atom is 0.269 e. The highest BCUT2D eigenvalue weighted by Gasteiger charge is 2.12. The van der Waals surface area contributed by atoms with Crippen molar-refractivity contribution in [2.24, 2.45) is 0 Å². The maximum absolute atomic E-state index is 12.3. The van der Waals surface area contributed by atoms with Gasteiger partial charge in [0.05, 0.1) is 0 Å². The van der Waals surface area contributed by atoms with Crippen molar-refractivity contribution in [3.05, 3.63) is 58.6 Å². The third-order valence-corrected chi connectivity index (χ3v) is 3.48. The number of hydrazine groups is 1. The number of anilines is 2. The average Bonchev–Trinajstić information content (AvgIpc) is 2.58. The summed E-state index contributed by atoms with van der Waals surface area (Å²) in [5.74, 6) is -1.83. The molecule has 9 heteroatoms. The van der Waals surface area contributed by atoms with E-state index in [9.17, 15) is 19.2 Å². The van der Waals surface area contributed by atoms with Crippen LogP contribution in [-0.2, 0) is 9.59 Å². The van der Waals surface area contributed by atoms with Gasteiger partial charge in [-0.2, -0.15) is 0 Å². The van der Waals surface area contributed by atoms with Crippen LogP contribution in [0.5, 0.6) is 0 Å². The Morgan fingerprint density at radius 2 is 1.15 bits per heavy atom. The smallest absolute Gasteiger partial charge is 0.269 e. The molecule has 0 aliphatic carbocycles. The third-order valence-electron chi connectivity index (χ3n) is 3.23. The molecule has 140 valence electrons. The van der Waals surface area contributed by atoms with E-state index in [0.717, 1.165) is 0 Å². The van der Waals surface area contributed by atoms with E-state index in [0.29, 0.717) is 22.0 Å². The van der Waals surface area contributed by atoms with E-state index in [-0.39, 0.29) is 17.4 Å². The number of halogens is 1. The summed E-state index contributed by atoms with van der Waals surface area (Å²) >= 11 is 5.76. The Morgan fingerprint density at radius 1 is 0.704 bits per heavy atom. The summed E-state index contributed by atoms with van der Waals surface area (Å²) in [6, 6.07) is 10.5. The molecule has 0 saturated carbocycles. The average molecular weight is 389 g/mol. The van der Waals surface area contributed by atoms with Crippen LogP contribution in [0.3, 0.4) is 0 Å². The van der Waals surface area contributed by atoms with E-state index in [1.807, 2.05) is 0 Å². The molecular weight excluding hydrogens is 372 g/mol. The fraction of sp³-hybridized carbons (Fsp3) is 0.111. The van der Waals surface area contributed by atoms with E-state index < -0.39 is 11.8 Å². The standard InChI is InChI=1S/C18H17ClN4O4/c1-10(24)20-15-7-13(8-16(9-15)21-11(2)25)18(27)23-22-17(26)12-3-5-14(19)6-4-12/h3-9H,1-2H3,(H,20,24)(H,21,25)(H,22,26)(H,23,27). The second-order valence-electron chi connectivity index (χ2n) is 5.58. The molecule has 0 spiro atoms. The summed E-state index contributed by atoms with van der Waals surface area (Å²) in [4.78, 5) is 46.9. The summed E-state index contributed by atoms with van der Waals surface area (Å²) in [6.45, 7) is 2.63. The molecule has 27 heavy (non-hydrogen) atoms. The van der Waals surface area contributed by atoms with Crippen molar-refractivity contribution >= 4 is 46.6 Å². The Kier molecular flexibility index (Phi) is 6.51. The molecule has 2 rings (SSSR count). The predicted octanol–water partition coefficient (Wildman–Crippen LogP) is 2.33. The molecular formula is C18H17ClN4O4. The van der Waals surface area contributed by atoms with E-state index in [1.54, 1.807) is 12.1 Å². The van der Waals surface area contributed by atoms with Crippen LogP contribution in [0.15, 0.2) is 42.5 Å². The van der Waals surface area contributed by atoms with Gasteiger partial charge >= 0.3 is 0 Å². The summed E-state index contributed by atoms with van der Waals surface area (Å²) in [6.07, 6.45) is 0. The van der Waals surface area contributed by atoms with Crippen molar-refractivity contribution in [2.75, 3.05) is 10.6 Å². The van der Waals surface area contributed by atoms with Gasteiger partial charge in [0.25, 0.3) is 11.8 Å². The van der Waals surface area contributed by atoms with Crippen LogP contribution in [-0.4, -0.2) is 23.6 Å². The minimum atomic E-state index is -0.629. The van der Waals surface area contributed by atoms with E-state index in [4.69, 9.17) is 11.6 Å². The number of hydrogen-bond acceptors (Lipinski definition) is 4. The Balaban J connectivity index is 2.13. The number of carbonyl (C=O) groups excluding carboxylic acids is 4. The predicted molar refractivity (Wildman–Crippen MR) is 101 cm³/mol. The van der Waals surface area contributed by atoms with Crippen molar-refractivity contribution in [1.82, 2.24) is 10.9 Å². The van der Waals surface area contributed by atoms with Gasteiger partial charge in [-0.15, -0.1) is 0 Å². The largest absolute Gasteiger partial charge is 0.326 e. The Morgan fingerprint density at radius 3 is 1.59 bits per heavy atom. The molecule has 0 heterocycles. The quantitative estimate of drug-likeness (QED) is 0.601. The minimum Gasteiger partial charge on any atom is -0.326 e.